The van der Waals surface area contributed by atoms with Crippen molar-refractivity contribution >= 4 is 16.5 Å². The van der Waals surface area contributed by atoms with Crippen LogP contribution in [-0.2, 0) is 0 Å². The number of benzene rings is 3. The van der Waals surface area contributed by atoms with E-state index >= 15 is 0 Å². The van der Waals surface area contributed by atoms with Gasteiger partial charge in [-0.05, 0) is 29.8 Å². The number of hydrogen-bond donors (Lipinski definition) is 0. The van der Waals surface area contributed by atoms with Crippen LogP contribution in [-0.4, -0.2) is 6.54 Å². The van der Waals surface area contributed by atoms with E-state index in [2.05, 4.69) is 86.5 Å². The second-order valence-electron chi connectivity index (χ2n) is 5.65. The van der Waals surface area contributed by atoms with Crippen LogP contribution in [0.2, 0.25) is 0 Å². The predicted molar refractivity (Wildman–Crippen MR) is 151 cm³/mol. The highest BCUT2D eigenvalue weighted by molar-refractivity contribution is 5.81. The molecule has 3 aromatic carbocycles. The van der Waals surface area contributed by atoms with E-state index < -0.39 is 0 Å². The Morgan fingerprint density at radius 2 is 0.750 bits per heavy atom. The summed E-state index contributed by atoms with van der Waals surface area (Å²) in [6.45, 7) is 23.2. The molecule has 0 heterocycles. The fourth-order valence-electron chi connectivity index (χ4n) is 1.78. The first-order valence-electron chi connectivity index (χ1n) is 12.6. The van der Waals surface area contributed by atoms with Gasteiger partial charge in [-0.2, -0.15) is 10.2 Å². The molecular weight excluding hydrogens is 388 g/mol. The Morgan fingerprint density at radius 1 is 0.469 bits per heavy atom. The molecule has 0 aliphatic rings. The molecule has 0 radical (unpaired) electrons. The lowest BCUT2D eigenvalue weighted by atomic mass is 10.1. The van der Waals surface area contributed by atoms with Crippen LogP contribution in [0.5, 0.6) is 0 Å². The van der Waals surface area contributed by atoms with Gasteiger partial charge in [-0.1, -0.05) is 149 Å². The molecule has 0 fully saturated rings. The molecule has 0 bridgehead atoms. The minimum Gasteiger partial charge on any atom is -0.189 e. The number of fused-ring (bicyclic) bond motifs is 1. The van der Waals surface area contributed by atoms with Crippen molar-refractivity contribution < 1.29 is 0 Å². The molecule has 0 spiro atoms. The van der Waals surface area contributed by atoms with Crippen LogP contribution in [0.15, 0.2) is 89.1 Å². The van der Waals surface area contributed by atoms with Gasteiger partial charge in [0.15, 0.2) is 0 Å². The largest absolute Gasteiger partial charge is 0.189 e. The third-order valence-corrected chi connectivity index (χ3v) is 2.74. The molecule has 0 unspecified atom stereocenters. The van der Waals surface area contributed by atoms with Crippen molar-refractivity contribution in [2.75, 3.05) is 6.54 Å². The molecule has 0 aliphatic carbocycles. The second kappa shape index (κ2) is 35.9. The molecule has 2 nitrogen and oxygen atoms in total. The molecule has 0 aliphatic heterocycles. The monoisotopic (exact) mass is 440 g/mol. The van der Waals surface area contributed by atoms with Gasteiger partial charge in [-0.15, -0.1) is 0 Å². The molecule has 0 saturated carbocycles. The summed E-state index contributed by atoms with van der Waals surface area (Å²) < 4.78 is 0. The van der Waals surface area contributed by atoms with Gasteiger partial charge in [0.1, 0.15) is 0 Å². The van der Waals surface area contributed by atoms with Gasteiger partial charge >= 0.3 is 0 Å². The molecule has 0 aromatic heterocycles. The maximum atomic E-state index is 3.95. The fraction of sp³-hybridized carbons (Fsp3) is 0.467. The van der Waals surface area contributed by atoms with Crippen LogP contribution in [0.3, 0.4) is 0 Å². The smallest absolute Gasteiger partial charge is 0.0852 e. The summed E-state index contributed by atoms with van der Waals surface area (Å²) in [6.07, 6.45) is 2.50. The van der Waals surface area contributed by atoms with Crippen LogP contribution in [0, 0.1) is 0 Å². The van der Waals surface area contributed by atoms with Crippen LogP contribution < -0.4 is 0 Å². The molecule has 3 aromatic rings. The summed E-state index contributed by atoms with van der Waals surface area (Å²) in [4.78, 5) is 0. The molecule has 182 valence electrons. The van der Waals surface area contributed by atoms with E-state index in [4.69, 9.17) is 0 Å². The van der Waals surface area contributed by atoms with Crippen LogP contribution in [0.25, 0.3) is 10.8 Å². The summed E-state index contributed by atoms with van der Waals surface area (Å²) in [6, 6.07) is 26.4. The molecule has 0 N–H and O–H groups in total. The Hall–Kier alpha value is -2.48. The summed E-state index contributed by atoms with van der Waals surface area (Å²) in [7, 11) is 0. The van der Waals surface area contributed by atoms with E-state index in [0.717, 1.165) is 12.2 Å². The second-order valence-corrected chi connectivity index (χ2v) is 5.65. The zero-order chi connectivity index (χ0) is 25.5. The Labute approximate surface area is 201 Å². The third-order valence-electron chi connectivity index (χ3n) is 2.74. The van der Waals surface area contributed by atoms with Crippen molar-refractivity contribution in [3.8, 4) is 0 Å². The first-order valence-corrected chi connectivity index (χ1v) is 12.6. The van der Waals surface area contributed by atoms with E-state index in [1.165, 1.54) is 23.6 Å². The lowest BCUT2D eigenvalue weighted by Crippen LogP contribution is -1.67. The number of hydrogen-bond acceptors (Lipinski definition) is 2. The summed E-state index contributed by atoms with van der Waals surface area (Å²) >= 11 is 0. The van der Waals surface area contributed by atoms with Crippen LogP contribution in [0.1, 0.15) is 89.0 Å². The zero-order valence-corrected chi connectivity index (χ0v) is 23.0. The Balaban J connectivity index is -0.000000167. The van der Waals surface area contributed by atoms with Crippen LogP contribution >= 0.6 is 0 Å². The van der Waals surface area contributed by atoms with Crippen molar-refractivity contribution in [2.24, 2.45) is 10.2 Å². The zero-order valence-electron chi connectivity index (χ0n) is 23.0. The minimum absolute atomic E-state index is 0.745. The van der Waals surface area contributed by atoms with Gasteiger partial charge in [0.25, 0.3) is 0 Å². The van der Waals surface area contributed by atoms with Gasteiger partial charge in [-0.3, -0.25) is 0 Å². The Morgan fingerprint density at radius 3 is 1.03 bits per heavy atom. The van der Waals surface area contributed by atoms with E-state index in [0.29, 0.717) is 0 Å². The lowest BCUT2D eigenvalue weighted by molar-refractivity contribution is 1.01. The number of nitrogens with zero attached hydrogens (tertiary/aromatic N) is 2. The topological polar surface area (TPSA) is 24.7 Å². The minimum atomic E-state index is 0.745. The van der Waals surface area contributed by atoms with E-state index in [1.807, 2.05) is 78.8 Å². The molecule has 3 rings (SSSR count). The maximum absolute atomic E-state index is 3.95. The van der Waals surface area contributed by atoms with Crippen molar-refractivity contribution in [1.29, 1.82) is 0 Å². The number of azo groups is 1. The SMILES string of the molecule is CC.CC.CC.CCC.CCC.CCN=Nc1ccccc1.c1ccc2ccccc2c1. The molecule has 0 amide bonds. The Bertz CT molecular complexity index is 624. The van der Waals surface area contributed by atoms with Crippen molar-refractivity contribution in [3.63, 3.8) is 0 Å². The van der Waals surface area contributed by atoms with E-state index in [9.17, 15) is 0 Å². The molecule has 0 saturated heterocycles. The van der Waals surface area contributed by atoms with Crippen molar-refractivity contribution in [2.45, 2.75) is 89.0 Å². The van der Waals surface area contributed by atoms with Crippen molar-refractivity contribution in [3.05, 3.63) is 78.9 Å². The van der Waals surface area contributed by atoms with Gasteiger partial charge < -0.3 is 0 Å². The predicted octanol–water partition coefficient (Wildman–Crippen LogP) is 11.5. The average Bonchev–Trinajstić information content (AvgIpc) is 2.88. The number of rotatable bonds is 2. The maximum Gasteiger partial charge on any atom is 0.0852 e. The normalized spacial score (nSPS) is 8.09. The molecule has 0 atom stereocenters. The molecule has 2 heteroatoms. The highest BCUT2D eigenvalue weighted by Crippen LogP contribution is 2.11. The van der Waals surface area contributed by atoms with Crippen LogP contribution in [0.4, 0.5) is 5.69 Å². The van der Waals surface area contributed by atoms with Gasteiger partial charge in [0.2, 0.25) is 0 Å². The average molecular weight is 441 g/mol. The van der Waals surface area contributed by atoms with E-state index in [-0.39, 0.29) is 0 Å². The lowest BCUT2D eigenvalue weighted by Gasteiger charge is -1.92. The third kappa shape index (κ3) is 25.6. The molecular formula is C30H52N2. The molecule has 32 heavy (non-hydrogen) atoms. The summed E-state index contributed by atoms with van der Waals surface area (Å²) in [5.41, 5.74) is 0.921. The highest BCUT2D eigenvalue weighted by atomic mass is 15.1. The first kappa shape index (κ1) is 36.9. The van der Waals surface area contributed by atoms with Crippen molar-refractivity contribution in [1.82, 2.24) is 0 Å². The van der Waals surface area contributed by atoms with E-state index in [1.54, 1.807) is 0 Å². The standard InChI is InChI=1S/C10H8.C8H10N2.2C3H8.3C2H6/c1-2-6-10-8-4-3-7-9(10)5-1;1-2-9-10-8-6-4-3-5-7-8;2*1-3-2;3*1-2/h1-8H;3-7H,2H2,1H3;2*3H2,1-2H3;3*1-2H3. The quantitative estimate of drug-likeness (QED) is 0.354. The highest BCUT2D eigenvalue weighted by Gasteiger charge is 1.85. The fourth-order valence-corrected chi connectivity index (χ4v) is 1.78. The summed E-state index contributed by atoms with van der Waals surface area (Å²) in [5.74, 6) is 0. The van der Waals surface area contributed by atoms with Gasteiger partial charge in [0.05, 0.1) is 12.2 Å². The van der Waals surface area contributed by atoms with Gasteiger partial charge in [-0.25, -0.2) is 0 Å². The first-order chi connectivity index (χ1) is 15.7. The summed E-state index contributed by atoms with van der Waals surface area (Å²) in [5, 5.41) is 10.4. The van der Waals surface area contributed by atoms with Gasteiger partial charge in [0, 0.05) is 0 Å². The Kier molecular flexibility index (Phi) is 41.4.